The second-order valence-electron chi connectivity index (χ2n) is 6.29. The monoisotopic (exact) mass is 320 g/mol. The van der Waals surface area contributed by atoms with Crippen molar-refractivity contribution in [1.29, 1.82) is 0 Å². The number of aromatic nitrogens is 1. The molecule has 1 N–H and O–H groups in total. The Morgan fingerprint density at radius 1 is 1.21 bits per heavy atom. The van der Waals surface area contributed by atoms with Crippen molar-refractivity contribution in [3.8, 4) is 5.75 Å². The number of hydrogen-bond acceptors (Lipinski definition) is 2. The standard InChI is InChI=1S/C20H20N2O2/c1-13-5-3-4-6-15(13)20(23)22-10-9-16-17-11-14(24-2)7-8-18(17)21-19(16)12-22/h3-8,11,21H,9-10,12H2,1-2H3. The van der Waals surface area contributed by atoms with Crippen molar-refractivity contribution in [2.75, 3.05) is 13.7 Å². The zero-order valence-corrected chi connectivity index (χ0v) is 13.9. The van der Waals surface area contributed by atoms with E-state index in [-0.39, 0.29) is 5.91 Å². The quantitative estimate of drug-likeness (QED) is 0.783. The van der Waals surface area contributed by atoms with Crippen LogP contribution in [0.3, 0.4) is 0 Å². The number of ether oxygens (including phenoxy) is 1. The molecule has 2 aromatic carbocycles. The summed E-state index contributed by atoms with van der Waals surface area (Å²) in [6, 6.07) is 13.8. The first-order chi connectivity index (χ1) is 11.7. The van der Waals surface area contributed by atoms with Crippen LogP contribution in [-0.4, -0.2) is 29.4 Å². The number of fused-ring (bicyclic) bond motifs is 3. The number of aryl methyl sites for hydroxylation is 1. The predicted octanol–water partition coefficient (Wildman–Crippen LogP) is 3.68. The SMILES string of the molecule is COc1ccc2[nH]c3c(c2c1)CCN(C(=O)c1ccccc1C)C3. The lowest BCUT2D eigenvalue weighted by molar-refractivity contribution is 0.0732. The summed E-state index contributed by atoms with van der Waals surface area (Å²) in [7, 11) is 1.68. The van der Waals surface area contributed by atoms with Crippen molar-refractivity contribution in [1.82, 2.24) is 9.88 Å². The van der Waals surface area contributed by atoms with Gasteiger partial charge in [0, 0.05) is 28.7 Å². The van der Waals surface area contributed by atoms with Crippen molar-refractivity contribution >= 4 is 16.8 Å². The number of nitrogens with zero attached hydrogens (tertiary/aromatic N) is 1. The molecule has 0 bridgehead atoms. The molecule has 0 aliphatic carbocycles. The average Bonchev–Trinajstić information content (AvgIpc) is 2.98. The molecule has 0 radical (unpaired) electrons. The second kappa shape index (κ2) is 5.71. The number of H-pyrrole nitrogens is 1. The molecule has 4 nitrogen and oxygen atoms in total. The lowest BCUT2D eigenvalue weighted by Gasteiger charge is -2.27. The molecule has 3 aromatic rings. The van der Waals surface area contributed by atoms with E-state index in [0.29, 0.717) is 6.54 Å². The Hall–Kier alpha value is -2.75. The topological polar surface area (TPSA) is 45.3 Å². The zero-order valence-electron chi connectivity index (χ0n) is 13.9. The van der Waals surface area contributed by atoms with Crippen LogP contribution in [-0.2, 0) is 13.0 Å². The van der Waals surface area contributed by atoms with Crippen molar-refractivity contribution in [3.63, 3.8) is 0 Å². The van der Waals surface area contributed by atoms with Gasteiger partial charge in [0.1, 0.15) is 5.75 Å². The molecule has 1 aliphatic heterocycles. The summed E-state index contributed by atoms with van der Waals surface area (Å²) in [6.07, 6.45) is 0.861. The van der Waals surface area contributed by atoms with E-state index in [1.54, 1.807) is 7.11 Å². The fourth-order valence-electron chi connectivity index (χ4n) is 3.50. The smallest absolute Gasteiger partial charge is 0.254 e. The molecule has 122 valence electrons. The Kier molecular flexibility index (Phi) is 3.53. The summed E-state index contributed by atoms with van der Waals surface area (Å²) < 4.78 is 5.33. The first kappa shape index (κ1) is 14.8. The van der Waals surface area contributed by atoms with Gasteiger partial charge in [0.05, 0.1) is 13.7 Å². The highest BCUT2D eigenvalue weighted by Gasteiger charge is 2.25. The number of rotatable bonds is 2. The fourth-order valence-corrected chi connectivity index (χ4v) is 3.50. The van der Waals surface area contributed by atoms with Crippen molar-refractivity contribution in [2.24, 2.45) is 0 Å². The Labute approximate surface area is 141 Å². The van der Waals surface area contributed by atoms with Gasteiger partial charge in [0.2, 0.25) is 0 Å². The third-order valence-electron chi connectivity index (χ3n) is 4.85. The summed E-state index contributed by atoms with van der Waals surface area (Å²) >= 11 is 0. The zero-order chi connectivity index (χ0) is 16.7. The predicted molar refractivity (Wildman–Crippen MR) is 94.5 cm³/mol. The molecule has 0 unspecified atom stereocenters. The van der Waals surface area contributed by atoms with E-state index < -0.39 is 0 Å². The van der Waals surface area contributed by atoms with Gasteiger partial charge in [0.25, 0.3) is 5.91 Å². The molecule has 4 heteroatoms. The van der Waals surface area contributed by atoms with Gasteiger partial charge < -0.3 is 14.6 Å². The van der Waals surface area contributed by atoms with Crippen molar-refractivity contribution in [3.05, 3.63) is 64.8 Å². The minimum absolute atomic E-state index is 0.106. The maximum Gasteiger partial charge on any atom is 0.254 e. The van der Waals surface area contributed by atoms with E-state index >= 15 is 0 Å². The summed E-state index contributed by atoms with van der Waals surface area (Å²) in [4.78, 5) is 18.2. The number of aromatic amines is 1. The Balaban J connectivity index is 1.67. The highest BCUT2D eigenvalue weighted by molar-refractivity contribution is 5.96. The van der Waals surface area contributed by atoms with Crippen LogP contribution in [0.1, 0.15) is 27.2 Å². The first-order valence-corrected chi connectivity index (χ1v) is 8.20. The Morgan fingerprint density at radius 2 is 2.04 bits per heavy atom. The molecule has 1 amide bonds. The number of nitrogens with one attached hydrogen (secondary N) is 1. The molecule has 4 rings (SSSR count). The molecule has 0 spiro atoms. The number of hydrogen-bond donors (Lipinski definition) is 1. The molecule has 2 heterocycles. The third-order valence-corrected chi connectivity index (χ3v) is 4.85. The van der Waals surface area contributed by atoms with E-state index in [9.17, 15) is 4.79 Å². The van der Waals surface area contributed by atoms with Crippen LogP contribution < -0.4 is 4.74 Å². The summed E-state index contributed by atoms with van der Waals surface area (Å²) in [5.41, 5.74) is 5.35. The third kappa shape index (κ3) is 2.35. The van der Waals surface area contributed by atoms with E-state index in [4.69, 9.17) is 4.74 Å². The van der Waals surface area contributed by atoms with Gasteiger partial charge in [-0.1, -0.05) is 18.2 Å². The maximum atomic E-state index is 12.8. The fraction of sp³-hybridized carbons (Fsp3) is 0.250. The lowest BCUT2D eigenvalue weighted by atomic mass is 10.0. The first-order valence-electron chi connectivity index (χ1n) is 8.20. The van der Waals surface area contributed by atoms with Gasteiger partial charge >= 0.3 is 0 Å². The minimum Gasteiger partial charge on any atom is -0.497 e. The number of carbonyl (C=O) groups is 1. The molecule has 1 aliphatic rings. The van der Waals surface area contributed by atoms with Crippen molar-refractivity contribution in [2.45, 2.75) is 19.9 Å². The Morgan fingerprint density at radius 3 is 2.83 bits per heavy atom. The summed E-state index contributed by atoms with van der Waals surface area (Å²) in [6.45, 7) is 3.35. The summed E-state index contributed by atoms with van der Waals surface area (Å²) in [5, 5.41) is 1.20. The second-order valence-corrected chi connectivity index (χ2v) is 6.29. The Bertz CT molecular complexity index is 927. The molecule has 24 heavy (non-hydrogen) atoms. The minimum atomic E-state index is 0.106. The van der Waals surface area contributed by atoms with Crippen LogP contribution in [0, 0.1) is 6.92 Å². The maximum absolute atomic E-state index is 12.8. The number of methoxy groups -OCH3 is 1. The van der Waals surface area contributed by atoms with Gasteiger partial charge in [0.15, 0.2) is 0 Å². The molecule has 0 atom stereocenters. The van der Waals surface area contributed by atoms with Crippen LogP contribution in [0.25, 0.3) is 10.9 Å². The number of amides is 1. The van der Waals surface area contributed by atoms with Gasteiger partial charge in [-0.2, -0.15) is 0 Å². The summed E-state index contributed by atoms with van der Waals surface area (Å²) in [5.74, 6) is 0.970. The molecular formula is C20H20N2O2. The lowest BCUT2D eigenvalue weighted by Crippen LogP contribution is -2.36. The van der Waals surface area contributed by atoms with Gasteiger partial charge in [-0.25, -0.2) is 0 Å². The normalized spacial score (nSPS) is 13.8. The molecule has 0 fully saturated rings. The average molecular weight is 320 g/mol. The number of carbonyl (C=O) groups excluding carboxylic acids is 1. The highest BCUT2D eigenvalue weighted by Crippen LogP contribution is 2.30. The van der Waals surface area contributed by atoms with Crippen LogP contribution in [0.4, 0.5) is 0 Å². The van der Waals surface area contributed by atoms with Gasteiger partial charge in [-0.15, -0.1) is 0 Å². The highest BCUT2D eigenvalue weighted by atomic mass is 16.5. The molecule has 0 saturated heterocycles. The van der Waals surface area contributed by atoms with Gasteiger partial charge in [-0.05, 0) is 48.7 Å². The molecule has 1 aromatic heterocycles. The van der Waals surface area contributed by atoms with E-state index in [1.165, 1.54) is 10.9 Å². The largest absolute Gasteiger partial charge is 0.497 e. The van der Waals surface area contributed by atoms with Crippen LogP contribution in [0.5, 0.6) is 5.75 Å². The van der Waals surface area contributed by atoms with E-state index in [0.717, 1.165) is 41.1 Å². The molecular weight excluding hydrogens is 300 g/mol. The number of benzene rings is 2. The molecule has 0 saturated carbocycles. The van der Waals surface area contributed by atoms with Gasteiger partial charge in [-0.3, -0.25) is 4.79 Å². The van der Waals surface area contributed by atoms with Crippen LogP contribution in [0.2, 0.25) is 0 Å². The van der Waals surface area contributed by atoms with Crippen LogP contribution >= 0.6 is 0 Å². The van der Waals surface area contributed by atoms with E-state index in [2.05, 4.69) is 11.1 Å². The van der Waals surface area contributed by atoms with Crippen LogP contribution in [0.15, 0.2) is 42.5 Å². The van der Waals surface area contributed by atoms with Crippen molar-refractivity contribution < 1.29 is 9.53 Å². The van der Waals surface area contributed by atoms with E-state index in [1.807, 2.05) is 48.2 Å².